The van der Waals surface area contributed by atoms with Crippen molar-refractivity contribution in [2.75, 3.05) is 0 Å². The quantitative estimate of drug-likeness (QED) is 0.857. The van der Waals surface area contributed by atoms with Gasteiger partial charge in [0, 0.05) is 5.38 Å². The molecule has 88 valence electrons. The summed E-state index contributed by atoms with van der Waals surface area (Å²) in [7, 11) is 0. The smallest absolute Gasteiger partial charge is 0.355 e. The number of carbonyl (C=O) groups is 2. The van der Waals surface area contributed by atoms with E-state index in [-0.39, 0.29) is 17.2 Å². The lowest BCUT2D eigenvalue weighted by Crippen LogP contribution is -2.22. The van der Waals surface area contributed by atoms with Crippen LogP contribution in [-0.4, -0.2) is 22.0 Å². The molecule has 0 aromatic carbocycles. The maximum atomic E-state index is 11.6. The predicted molar refractivity (Wildman–Crippen MR) is 59.0 cm³/mol. The van der Waals surface area contributed by atoms with Crippen LogP contribution in [0.4, 0.5) is 0 Å². The molecule has 2 rings (SSSR count). The molecule has 0 fully saturated rings. The number of nitrogens with one attached hydrogen (secondary N) is 1. The first kappa shape index (κ1) is 11.3. The highest BCUT2D eigenvalue weighted by Gasteiger charge is 2.14. The first-order chi connectivity index (χ1) is 8.16. The Labute approximate surface area is 99.9 Å². The molecule has 2 aromatic heterocycles. The van der Waals surface area contributed by atoms with Gasteiger partial charge in [-0.2, -0.15) is 0 Å². The van der Waals surface area contributed by atoms with E-state index in [2.05, 4.69) is 10.3 Å². The molecule has 1 amide bonds. The number of carboxylic acids is 1. The Bertz CT molecular complexity index is 532. The fourth-order valence-electron chi connectivity index (χ4n) is 1.13. The van der Waals surface area contributed by atoms with Crippen LogP contribution in [0.15, 0.2) is 28.2 Å². The Morgan fingerprint density at radius 1 is 1.53 bits per heavy atom. The van der Waals surface area contributed by atoms with Gasteiger partial charge in [-0.1, -0.05) is 0 Å². The molecule has 6 nitrogen and oxygen atoms in total. The topological polar surface area (TPSA) is 92.4 Å². The summed E-state index contributed by atoms with van der Waals surface area (Å²) in [6, 6.07) is 3.44. The average Bonchev–Trinajstić information content (AvgIpc) is 2.96. The molecule has 7 heteroatoms. The number of amides is 1. The maximum Gasteiger partial charge on any atom is 0.355 e. The van der Waals surface area contributed by atoms with Gasteiger partial charge in [-0.3, -0.25) is 4.79 Å². The highest BCUT2D eigenvalue weighted by molar-refractivity contribution is 7.11. The summed E-state index contributed by atoms with van der Waals surface area (Å²) in [5.41, 5.74) is -0.127. The van der Waals surface area contributed by atoms with Gasteiger partial charge in [0.25, 0.3) is 5.91 Å². The number of carbonyl (C=O) groups excluding carboxylic acids is 1. The van der Waals surface area contributed by atoms with Crippen LogP contribution in [0, 0.1) is 0 Å². The summed E-state index contributed by atoms with van der Waals surface area (Å²) in [5, 5.41) is 12.7. The number of carboxylic acid groups (broad SMARTS) is 1. The Morgan fingerprint density at radius 3 is 2.94 bits per heavy atom. The lowest BCUT2D eigenvalue weighted by Gasteiger charge is -1.99. The molecule has 0 aliphatic carbocycles. The van der Waals surface area contributed by atoms with Gasteiger partial charge in [0.2, 0.25) is 0 Å². The van der Waals surface area contributed by atoms with Crippen LogP contribution in [0.1, 0.15) is 26.1 Å². The van der Waals surface area contributed by atoms with E-state index in [1.54, 1.807) is 12.1 Å². The molecule has 2 heterocycles. The van der Waals surface area contributed by atoms with Crippen molar-refractivity contribution in [1.82, 2.24) is 10.3 Å². The van der Waals surface area contributed by atoms with Crippen LogP contribution in [0.2, 0.25) is 0 Å². The largest absolute Gasteiger partial charge is 0.476 e. The van der Waals surface area contributed by atoms with Crippen molar-refractivity contribution in [2.24, 2.45) is 0 Å². The van der Waals surface area contributed by atoms with E-state index in [1.807, 2.05) is 0 Å². The summed E-state index contributed by atoms with van der Waals surface area (Å²) >= 11 is 0.989. The van der Waals surface area contributed by atoms with Crippen LogP contribution >= 0.6 is 11.3 Å². The molecule has 0 atom stereocenters. The second kappa shape index (κ2) is 4.79. The second-order valence-corrected chi connectivity index (χ2v) is 3.96. The van der Waals surface area contributed by atoms with Gasteiger partial charge in [0.15, 0.2) is 10.7 Å². The van der Waals surface area contributed by atoms with Crippen molar-refractivity contribution in [3.8, 4) is 0 Å². The number of furan rings is 1. The Morgan fingerprint density at radius 2 is 2.35 bits per heavy atom. The van der Waals surface area contributed by atoms with Crippen LogP contribution in [0.3, 0.4) is 0 Å². The molecular weight excluding hydrogens is 244 g/mol. The zero-order valence-corrected chi connectivity index (χ0v) is 9.36. The molecule has 0 radical (unpaired) electrons. The lowest BCUT2D eigenvalue weighted by atomic mass is 10.4. The van der Waals surface area contributed by atoms with Gasteiger partial charge in [0.05, 0.1) is 12.8 Å². The monoisotopic (exact) mass is 252 g/mol. The zero-order valence-electron chi connectivity index (χ0n) is 8.54. The zero-order chi connectivity index (χ0) is 12.3. The Hall–Kier alpha value is -2.15. The molecule has 2 aromatic rings. The molecule has 17 heavy (non-hydrogen) atoms. The minimum Gasteiger partial charge on any atom is -0.476 e. The first-order valence-electron chi connectivity index (χ1n) is 4.66. The van der Waals surface area contributed by atoms with Crippen molar-refractivity contribution in [3.63, 3.8) is 0 Å². The van der Waals surface area contributed by atoms with E-state index in [0.717, 1.165) is 11.3 Å². The predicted octanol–water partition coefficient (Wildman–Crippen LogP) is 1.36. The van der Waals surface area contributed by atoms with Crippen LogP contribution in [-0.2, 0) is 6.54 Å². The summed E-state index contributed by atoms with van der Waals surface area (Å²) < 4.78 is 5.04. The molecule has 0 saturated heterocycles. The van der Waals surface area contributed by atoms with E-state index < -0.39 is 11.9 Å². The van der Waals surface area contributed by atoms with E-state index >= 15 is 0 Å². The number of hydrogen-bond donors (Lipinski definition) is 2. The van der Waals surface area contributed by atoms with Crippen molar-refractivity contribution in [1.29, 1.82) is 0 Å². The van der Waals surface area contributed by atoms with E-state index in [1.165, 1.54) is 11.6 Å². The lowest BCUT2D eigenvalue weighted by molar-refractivity contribution is 0.0691. The van der Waals surface area contributed by atoms with Gasteiger partial charge in [-0.15, -0.1) is 11.3 Å². The van der Waals surface area contributed by atoms with Crippen molar-refractivity contribution < 1.29 is 19.1 Å². The van der Waals surface area contributed by atoms with Gasteiger partial charge >= 0.3 is 5.97 Å². The normalized spacial score (nSPS) is 10.1. The third kappa shape index (κ3) is 2.70. The van der Waals surface area contributed by atoms with E-state index in [9.17, 15) is 9.59 Å². The summed E-state index contributed by atoms with van der Waals surface area (Å²) in [5.74, 6) is -0.946. The van der Waals surface area contributed by atoms with Gasteiger partial charge < -0.3 is 14.8 Å². The van der Waals surface area contributed by atoms with Crippen LogP contribution in [0.25, 0.3) is 0 Å². The molecule has 2 N–H and O–H groups in total. The number of thiazole rings is 1. The van der Waals surface area contributed by atoms with Crippen molar-refractivity contribution in [2.45, 2.75) is 6.54 Å². The number of nitrogens with zero attached hydrogens (tertiary/aromatic N) is 1. The standard InChI is InChI=1S/C10H8N2O4S/c13-8(11-4-6-2-1-3-16-6)9-12-7(5-17-9)10(14)15/h1-3,5H,4H2,(H,11,13)(H,14,15). The number of rotatable bonds is 4. The fraction of sp³-hybridized carbons (Fsp3) is 0.100. The average molecular weight is 252 g/mol. The Kier molecular flexibility index (Phi) is 3.20. The fourth-order valence-corrected chi connectivity index (χ4v) is 1.84. The first-order valence-corrected chi connectivity index (χ1v) is 5.54. The van der Waals surface area contributed by atoms with Gasteiger partial charge in [0.1, 0.15) is 5.76 Å². The molecule has 0 spiro atoms. The molecular formula is C10H8N2O4S. The molecule has 0 aliphatic heterocycles. The van der Waals surface area contributed by atoms with E-state index in [4.69, 9.17) is 9.52 Å². The number of aromatic nitrogens is 1. The highest BCUT2D eigenvalue weighted by atomic mass is 32.1. The minimum atomic E-state index is -1.15. The van der Waals surface area contributed by atoms with Crippen molar-refractivity contribution in [3.05, 3.63) is 40.2 Å². The molecule has 0 unspecified atom stereocenters. The third-order valence-corrected chi connectivity index (χ3v) is 2.76. The summed E-state index contributed by atoms with van der Waals surface area (Å²) in [4.78, 5) is 25.8. The Balaban J connectivity index is 1.97. The van der Waals surface area contributed by atoms with Crippen molar-refractivity contribution >= 4 is 23.2 Å². The second-order valence-electron chi connectivity index (χ2n) is 3.11. The van der Waals surface area contributed by atoms with E-state index in [0.29, 0.717) is 5.76 Å². The van der Waals surface area contributed by atoms with Gasteiger partial charge in [-0.25, -0.2) is 9.78 Å². The van der Waals surface area contributed by atoms with Crippen LogP contribution in [0.5, 0.6) is 0 Å². The number of hydrogen-bond acceptors (Lipinski definition) is 5. The SMILES string of the molecule is O=C(O)c1csc(C(=O)NCc2ccco2)n1. The highest BCUT2D eigenvalue weighted by Crippen LogP contribution is 2.10. The summed E-state index contributed by atoms with van der Waals surface area (Å²) in [6.07, 6.45) is 1.51. The molecule has 0 aliphatic rings. The maximum absolute atomic E-state index is 11.6. The number of aromatic carboxylic acids is 1. The third-order valence-electron chi connectivity index (χ3n) is 1.92. The van der Waals surface area contributed by atoms with Gasteiger partial charge in [-0.05, 0) is 12.1 Å². The molecule has 0 saturated carbocycles. The summed E-state index contributed by atoms with van der Waals surface area (Å²) in [6.45, 7) is 0.244. The molecule has 0 bridgehead atoms. The van der Waals surface area contributed by atoms with Crippen LogP contribution < -0.4 is 5.32 Å². The minimum absolute atomic E-state index is 0.119.